The Kier molecular flexibility index (Phi) is 4.42. The summed E-state index contributed by atoms with van der Waals surface area (Å²) in [4.78, 5) is 25.0. The van der Waals surface area contributed by atoms with Gasteiger partial charge in [-0.15, -0.1) is 0 Å². The van der Waals surface area contributed by atoms with Gasteiger partial charge in [-0.1, -0.05) is 36.8 Å². The van der Waals surface area contributed by atoms with Gasteiger partial charge in [-0.25, -0.2) is 0 Å². The number of carboxylic acids is 1. The molecule has 1 aromatic rings. The summed E-state index contributed by atoms with van der Waals surface area (Å²) >= 11 is 0. The maximum atomic E-state index is 12.3. The van der Waals surface area contributed by atoms with E-state index in [0.29, 0.717) is 6.54 Å². The molecule has 1 aliphatic rings. The van der Waals surface area contributed by atoms with Gasteiger partial charge < -0.3 is 10.0 Å². The summed E-state index contributed by atoms with van der Waals surface area (Å²) < 4.78 is 0. The van der Waals surface area contributed by atoms with E-state index in [1.165, 1.54) is 5.56 Å². The average Bonchev–Trinajstić information content (AvgIpc) is 3.23. The smallest absolute Gasteiger partial charge is 0.308 e. The van der Waals surface area contributed by atoms with Crippen molar-refractivity contribution in [1.29, 1.82) is 0 Å². The third-order valence-corrected chi connectivity index (χ3v) is 3.65. The number of aliphatic carboxylic acids is 1. The van der Waals surface area contributed by atoms with Gasteiger partial charge in [0.1, 0.15) is 0 Å². The van der Waals surface area contributed by atoms with Crippen LogP contribution in [0.1, 0.15) is 30.9 Å². The molecule has 1 N–H and O–H groups in total. The molecule has 0 bridgehead atoms. The first-order valence-corrected chi connectivity index (χ1v) is 7.04. The van der Waals surface area contributed by atoms with Gasteiger partial charge in [0.2, 0.25) is 5.91 Å². The van der Waals surface area contributed by atoms with Crippen molar-refractivity contribution >= 4 is 11.9 Å². The number of carbonyl (C=O) groups excluding carboxylic acids is 1. The highest BCUT2D eigenvalue weighted by Crippen LogP contribution is 2.31. The monoisotopic (exact) mass is 275 g/mol. The van der Waals surface area contributed by atoms with Crippen LogP contribution in [0.3, 0.4) is 0 Å². The van der Waals surface area contributed by atoms with Crippen molar-refractivity contribution in [3.05, 3.63) is 35.4 Å². The third kappa shape index (κ3) is 3.83. The van der Waals surface area contributed by atoms with Crippen LogP contribution in [0, 0.1) is 18.8 Å². The number of hydrogen-bond donors (Lipinski definition) is 1. The minimum atomic E-state index is -0.859. The number of carboxylic acid groups (broad SMARTS) is 1. The molecule has 0 aliphatic heterocycles. The third-order valence-electron chi connectivity index (χ3n) is 3.65. The van der Waals surface area contributed by atoms with Gasteiger partial charge in [-0.3, -0.25) is 9.59 Å². The molecular formula is C16H21NO3. The molecule has 108 valence electrons. The van der Waals surface area contributed by atoms with E-state index in [9.17, 15) is 9.59 Å². The Labute approximate surface area is 119 Å². The van der Waals surface area contributed by atoms with Crippen molar-refractivity contribution in [3.8, 4) is 0 Å². The molecule has 1 amide bonds. The van der Waals surface area contributed by atoms with Crippen molar-refractivity contribution in [2.45, 2.75) is 33.2 Å². The standard InChI is InChI=1S/C16H21NO3/c1-11-3-5-13(6-4-11)10-17(9-12(2)16(19)20)15(18)14-7-8-14/h3-6,12,14H,7-10H2,1-2H3,(H,19,20). The molecule has 0 heterocycles. The van der Waals surface area contributed by atoms with Gasteiger partial charge in [0.25, 0.3) is 0 Å². The summed E-state index contributed by atoms with van der Waals surface area (Å²) in [6.45, 7) is 4.43. The van der Waals surface area contributed by atoms with E-state index in [0.717, 1.165) is 18.4 Å². The second-order valence-electron chi connectivity index (χ2n) is 5.72. The van der Waals surface area contributed by atoms with Crippen LogP contribution in [0.4, 0.5) is 0 Å². The zero-order valence-electron chi connectivity index (χ0n) is 12.0. The SMILES string of the molecule is Cc1ccc(CN(CC(C)C(=O)O)C(=O)C2CC2)cc1. The maximum absolute atomic E-state index is 12.3. The molecule has 20 heavy (non-hydrogen) atoms. The first-order valence-electron chi connectivity index (χ1n) is 7.04. The van der Waals surface area contributed by atoms with Crippen LogP contribution < -0.4 is 0 Å². The molecule has 1 atom stereocenters. The summed E-state index contributed by atoms with van der Waals surface area (Å²) in [6, 6.07) is 8.01. The second kappa shape index (κ2) is 6.07. The van der Waals surface area contributed by atoms with Crippen LogP contribution in [0.15, 0.2) is 24.3 Å². The summed E-state index contributed by atoms with van der Waals surface area (Å²) in [6.07, 6.45) is 1.87. The minimum absolute atomic E-state index is 0.0960. The van der Waals surface area contributed by atoms with Crippen LogP contribution in [-0.2, 0) is 16.1 Å². The Morgan fingerprint density at radius 3 is 2.40 bits per heavy atom. The van der Waals surface area contributed by atoms with E-state index in [-0.39, 0.29) is 18.4 Å². The predicted molar refractivity (Wildman–Crippen MR) is 76.1 cm³/mol. The fourth-order valence-electron chi connectivity index (χ4n) is 2.14. The quantitative estimate of drug-likeness (QED) is 0.867. The Hall–Kier alpha value is -1.84. The molecule has 4 nitrogen and oxygen atoms in total. The lowest BCUT2D eigenvalue weighted by Gasteiger charge is -2.25. The highest BCUT2D eigenvalue weighted by molar-refractivity contribution is 5.81. The highest BCUT2D eigenvalue weighted by Gasteiger charge is 2.34. The van der Waals surface area contributed by atoms with E-state index in [4.69, 9.17) is 5.11 Å². The number of rotatable bonds is 6. The normalized spacial score (nSPS) is 15.7. The van der Waals surface area contributed by atoms with Crippen LogP contribution in [-0.4, -0.2) is 28.4 Å². The van der Waals surface area contributed by atoms with Crippen molar-refractivity contribution in [3.63, 3.8) is 0 Å². The Bertz CT molecular complexity index is 491. The number of nitrogens with zero attached hydrogens (tertiary/aromatic N) is 1. The molecule has 1 fully saturated rings. The van der Waals surface area contributed by atoms with Gasteiger partial charge >= 0.3 is 5.97 Å². The lowest BCUT2D eigenvalue weighted by molar-refractivity contribution is -0.143. The predicted octanol–water partition coefficient (Wildman–Crippen LogP) is 2.45. The summed E-state index contributed by atoms with van der Waals surface area (Å²) in [5.41, 5.74) is 2.22. The number of benzene rings is 1. The molecule has 0 spiro atoms. The topological polar surface area (TPSA) is 57.6 Å². The summed E-state index contributed by atoms with van der Waals surface area (Å²) in [7, 11) is 0. The van der Waals surface area contributed by atoms with Crippen LogP contribution in [0.5, 0.6) is 0 Å². The fourth-order valence-corrected chi connectivity index (χ4v) is 2.14. The molecule has 1 saturated carbocycles. The lowest BCUT2D eigenvalue weighted by Crippen LogP contribution is -2.37. The zero-order chi connectivity index (χ0) is 14.7. The Morgan fingerprint density at radius 2 is 1.90 bits per heavy atom. The fraction of sp³-hybridized carbons (Fsp3) is 0.500. The minimum Gasteiger partial charge on any atom is -0.481 e. The molecule has 1 aliphatic carbocycles. The van der Waals surface area contributed by atoms with Gasteiger partial charge in [-0.05, 0) is 25.3 Å². The lowest BCUT2D eigenvalue weighted by atomic mass is 10.1. The van der Waals surface area contributed by atoms with Crippen LogP contribution in [0.2, 0.25) is 0 Å². The molecule has 0 aromatic heterocycles. The summed E-state index contributed by atoms with van der Waals surface area (Å²) in [5, 5.41) is 9.03. The second-order valence-corrected chi connectivity index (χ2v) is 5.72. The van der Waals surface area contributed by atoms with Crippen molar-refractivity contribution in [2.75, 3.05) is 6.54 Å². The number of hydrogen-bond acceptors (Lipinski definition) is 2. The molecule has 2 rings (SSSR count). The van der Waals surface area contributed by atoms with Crippen molar-refractivity contribution in [1.82, 2.24) is 4.90 Å². The van der Waals surface area contributed by atoms with Crippen LogP contribution in [0.25, 0.3) is 0 Å². The molecular weight excluding hydrogens is 254 g/mol. The highest BCUT2D eigenvalue weighted by atomic mass is 16.4. The molecule has 0 radical (unpaired) electrons. The largest absolute Gasteiger partial charge is 0.481 e. The van der Waals surface area contributed by atoms with Gasteiger partial charge in [-0.2, -0.15) is 0 Å². The van der Waals surface area contributed by atoms with E-state index in [2.05, 4.69) is 0 Å². The number of amides is 1. The van der Waals surface area contributed by atoms with Gasteiger partial charge in [0.05, 0.1) is 5.92 Å². The first-order chi connectivity index (χ1) is 9.47. The molecule has 4 heteroatoms. The van der Waals surface area contributed by atoms with E-state index in [1.807, 2.05) is 31.2 Å². The summed E-state index contributed by atoms with van der Waals surface area (Å²) in [5.74, 6) is -1.19. The molecule has 1 unspecified atom stereocenters. The zero-order valence-corrected chi connectivity index (χ0v) is 12.0. The molecule has 0 saturated heterocycles. The van der Waals surface area contributed by atoms with E-state index < -0.39 is 11.9 Å². The number of aryl methyl sites for hydroxylation is 1. The Balaban J connectivity index is 2.07. The molecule has 1 aromatic carbocycles. The van der Waals surface area contributed by atoms with Crippen molar-refractivity contribution in [2.24, 2.45) is 11.8 Å². The average molecular weight is 275 g/mol. The maximum Gasteiger partial charge on any atom is 0.308 e. The van der Waals surface area contributed by atoms with E-state index >= 15 is 0 Å². The van der Waals surface area contributed by atoms with Crippen molar-refractivity contribution < 1.29 is 14.7 Å². The first kappa shape index (κ1) is 14.6. The number of carbonyl (C=O) groups is 2. The van der Waals surface area contributed by atoms with Gasteiger partial charge in [0, 0.05) is 19.0 Å². The van der Waals surface area contributed by atoms with Gasteiger partial charge in [0.15, 0.2) is 0 Å². The van der Waals surface area contributed by atoms with Crippen LogP contribution >= 0.6 is 0 Å². The van der Waals surface area contributed by atoms with E-state index in [1.54, 1.807) is 11.8 Å². The Morgan fingerprint density at radius 1 is 1.30 bits per heavy atom.